The van der Waals surface area contributed by atoms with Crippen LogP contribution in [-0.2, 0) is 4.74 Å². The molecule has 1 heterocycles. The maximum absolute atomic E-state index is 12.4. The first-order valence-electron chi connectivity index (χ1n) is 7.14. The maximum atomic E-state index is 12.4. The van der Waals surface area contributed by atoms with Crippen LogP contribution in [0.25, 0.3) is 21.9 Å². The van der Waals surface area contributed by atoms with Gasteiger partial charge >= 0.3 is 5.97 Å². The second kappa shape index (κ2) is 5.81. The van der Waals surface area contributed by atoms with E-state index in [0.717, 1.165) is 21.9 Å². The molecule has 0 aliphatic heterocycles. The van der Waals surface area contributed by atoms with Crippen LogP contribution >= 0.6 is 11.3 Å². The summed E-state index contributed by atoms with van der Waals surface area (Å²) >= 11 is 1.37. The molecule has 112 valence electrons. The van der Waals surface area contributed by atoms with Gasteiger partial charge in [-0.25, -0.2) is 4.79 Å². The van der Waals surface area contributed by atoms with Crippen molar-refractivity contribution < 1.29 is 9.53 Å². The Morgan fingerprint density at radius 2 is 1.82 bits per heavy atom. The minimum atomic E-state index is -0.364. The summed E-state index contributed by atoms with van der Waals surface area (Å²) in [5, 5.41) is 4.65. The lowest BCUT2D eigenvalue weighted by molar-refractivity contribution is 0.0380. The Morgan fingerprint density at radius 1 is 1.09 bits per heavy atom. The van der Waals surface area contributed by atoms with E-state index in [-0.39, 0.29) is 12.1 Å². The quantitative estimate of drug-likeness (QED) is 0.712. The van der Waals surface area contributed by atoms with Gasteiger partial charge in [-0.1, -0.05) is 42.5 Å². The van der Waals surface area contributed by atoms with Crippen LogP contribution in [0.4, 0.5) is 5.00 Å². The number of fused-ring (bicyclic) bond motifs is 1. The smallest absolute Gasteiger partial charge is 0.342 e. The van der Waals surface area contributed by atoms with Crippen molar-refractivity contribution in [2.45, 2.75) is 20.0 Å². The topological polar surface area (TPSA) is 52.3 Å². The molecule has 0 spiro atoms. The Kier molecular flexibility index (Phi) is 3.86. The first-order valence-corrected chi connectivity index (χ1v) is 8.02. The van der Waals surface area contributed by atoms with Crippen molar-refractivity contribution in [1.29, 1.82) is 0 Å². The molecule has 4 heteroatoms. The SMILES string of the molecule is CC(C)OC(=O)c1c(-c2cccc3ccccc23)csc1N. The van der Waals surface area contributed by atoms with E-state index in [1.54, 1.807) is 0 Å². The summed E-state index contributed by atoms with van der Waals surface area (Å²) in [6, 6.07) is 14.2. The van der Waals surface area contributed by atoms with Crippen molar-refractivity contribution in [3.8, 4) is 11.1 Å². The number of nitrogen functional groups attached to an aromatic ring is 1. The number of ether oxygens (including phenoxy) is 1. The molecule has 0 aliphatic carbocycles. The first-order chi connectivity index (χ1) is 10.6. The Morgan fingerprint density at radius 3 is 2.59 bits per heavy atom. The van der Waals surface area contributed by atoms with Crippen molar-refractivity contribution >= 4 is 33.1 Å². The molecule has 3 nitrogen and oxygen atoms in total. The Balaban J connectivity index is 2.18. The number of thiophene rings is 1. The molecule has 0 amide bonds. The molecule has 2 aromatic carbocycles. The second-order valence-electron chi connectivity index (χ2n) is 5.37. The lowest BCUT2D eigenvalue weighted by atomic mass is 9.97. The molecule has 3 rings (SSSR count). The Labute approximate surface area is 133 Å². The summed E-state index contributed by atoms with van der Waals surface area (Å²) in [5.74, 6) is -0.364. The molecular formula is C18H17NO2S. The number of benzene rings is 2. The van der Waals surface area contributed by atoms with Crippen LogP contribution in [0.2, 0.25) is 0 Å². The predicted octanol–water partition coefficient (Wildman–Crippen LogP) is 4.72. The predicted molar refractivity (Wildman–Crippen MR) is 92.2 cm³/mol. The fourth-order valence-electron chi connectivity index (χ4n) is 2.51. The minimum absolute atomic E-state index is 0.174. The van der Waals surface area contributed by atoms with Gasteiger partial charge in [0.25, 0.3) is 0 Å². The number of carbonyl (C=O) groups excluding carboxylic acids is 1. The van der Waals surface area contributed by atoms with Gasteiger partial charge in [-0.15, -0.1) is 11.3 Å². The van der Waals surface area contributed by atoms with E-state index in [0.29, 0.717) is 10.6 Å². The molecule has 3 aromatic rings. The van der Waals surface area contributed by atoms with E-state index < -0.39 is 0 Å². The number of nitrogens with two attached hydrogens (primary N) is 1. The third-order valence-corrected chi connectivity index (χ3v) is 4.26. The van der Waals surface area contributed by atoms with Crippen molar-refractivity contribution in [2.75, 3.05) is 5.73 Å². The van der Waals surface area contributed by atoms with Gasteiger partial charge < -0.3 is 10.5 Å². The minimum Gasteiger partial charge on any atom is -0.459 e. The van der Waals surface area contributed by atoms with Crippen molar-refractivity contribution in [1.82, 2.24) is 0 Å². The summed E-state index contributed by atoms with van der Waals surface area (Å²) in [6.07, 6.45) is -0.174. The fourth-order valence-corrected chi connectivity index (χ4v) is 3.32. The molecule has 0 unspecified atom stereocenters. The lowest BCUT2D eigenvalue weighted by Gasteiger charge is -2.11. The molecule has 0 fully saturated rings. The van der Waals surface area contributed by atoms with Gasteiger partial charge in [0.05, 0.1) is 6.10 Å². The van der Waals surface area contributed by atoms with Gasteiger partial charge in [0.1, 0.15) is 10.6 Å². The van der Waals surface area contributed by atoms with E-state index in [1.807, 2.05) is 43.5 Å². The zero-order chi connectivity index (χ0) is 15.7. The lowest BCUT2D eigenvalue weighted by Crippen LogP contribution is -2.13. The van der Waals surface area contributed by atoms with Gasteiger partial charge in [0.2, 0.25) is 0 Å². The van der Waals surface area contributed by atoms with Crippen LogP contribution in [0, 0.1) is 0 Å². The largest absolute Gasteiger partial charge is 0.459 e. The second-order valence-corrected chi connectivity index (χ2v) is 6.28. The number of esters is 1. The highest BCUT2D eigenvalue weighted by molar-refractivity contribution is 7.15. The summed E-state index contributed by atoms with van der Waals surface area (Å²) < 4.78 is 5.34. The summed E-state index contributed by atoms with van der Waals surface area (Å²) in [5.41, 5.74) is 8.32. The molecule has 0 radical (unpaired) electrons. The number of carbonyl (C=O) groups is 1. The zero-order valence-corrected chi connectivity index (χ0v) is 13.3. The van der Waals surface area contributed by atoms with Crippen LogP contribution in [0.1, 0.15) is 24.2 Å². The summed E-state index contributed by atoms with van der Waals surface area (Å²) in [4.78, 5) is 12.4. The molecule has 0 atom stereocenters. The average Bonchev–Trinajstić information content (AvgIpc) is 2.87. The average molecular weight is 311 g/mol. The Bertz CT molecular complexity index is 831. The van der Waals surface area contributed by atoms with Crippen molar-refractivity contribution in [2.24, 2.45) is 0 Å². The van der Waals surface area contributed by atoms with E-state index >= 15 is 0 Å². The van der Waals surface area contributed by atoms with Gasteiger partial charge in [-0.3, -0.25) is 0 Å². The number of rotatable bonds is 3. The number of anilines is 1. The number of hydrogen-bond donors (Lipinski definition) is 1. The van der Waals surface area contributed by atoms with E-state index in [9.17, 15) is 4.79 Å². The molecule has 22 heavy (non-hydrogen) atoms. The molecule has 0 aliphatic rings. The first kappa shape index (κ1) is 14.6. The fraction of sp³-hybridized carbons (Fsp3) is 0.167. The monoisotopic (exact) mass is 311 g/mol. The van der Waals surface area contributed by atoms with Crippen molar-refractivity contribution in [3.63, 3.8) is 0 Å². The number of hydrogen-bond acceptors (Lipinski definition) is 4. The molecular weight excluding hydrogens is 294 g/mol. The highest BCUT2D eigenvalue weighted by Crippen LogP contribution is 2.37. The van der Waals surface area contributed by atoms with E-state index in [2.05, 4.69) is 18.2 Å². The van der Waals surface area contributed by atoms with Gasteiger partial charge in [0, 0.05) is 10.9 Å². The Hall–Kier alpha value is -2.33. The summed E-state index contributed by atoms with van der Waals surface area (Å²) in [6.45, 7) is 3.66. The van der Waals surface area contributed by atoms with Gasteiger partial charge in [-0.05, 0) is 30.2 Å². The highest BCUT2D eigenvalue weighted by Gasteiger charge is 2.21. The third-order valence-electron chi connectivity index (χ3n) is 3.45. The third kappa shape index (κ3) is 2.57. The van der Waals surface area contributed by atoms with Crippen LogP contribution in [-0.4, -0.2) is 12.1 Å². The molecule has 0 saturated heterocycles. The van der Waals surface area contributed by atoms with Crippen molar-refractivity contribution in [3.05, 3.63) is 53.4 Å². The normalized spacial score (nSPS) is 11.0. The van der Waals surface area contributed by atoms with Gasteiger partial charge in [-0.2, -0.15) is 0 Å². The highest BCUT2D eigenvalue weighted by atomic mass is 32.1. The van der Waals surface area contributed by atoms with Crippen LogP contribution in [0.5, 0.6) is 0 Å². The molecule has 2 N–H and O–H groups in total. The van der Waals surface area contributed by atoms with E-state index in [1.165, 1.54) is 11.3 Å². The van der Waals surface area contributed by atoms with E-state index in [4.69, 9.17) is 10.5 Å². The zero-order valence-electron chi connectivity index (χ0n) is 12.5. The molecule has 0 saturated carbocycles. The van der Waals surface area contributed by atoms with Gasteiger partial charge in [0.15, 0.2) is 0 Å². The summed E-state index contributed by atoms with van der Waals surface area (Å²) in [7, 11) is 0. The standard InChI is InChI=1S/C18H17NO2S/c1-11(2)21-18(20)16-15(10-22-17(16)19)14-9-5-7-12-6-3-4-8-13(12)14/h3-11H,19H2,1-2H3. The van der Waals surface area contributed by atoms with Crippen LogP contribution in [0.3, 0.4) is 0 Å². The van der Waals surface area contributed by atoms with Crippen LogP contribution in [0.15, 0.2) is 47.8 Å². The molecule has 0 bridgehead atoms. The van der Waals surface area contributed by atoms with Crippen LogP contribution < -0.4 is 5.73 Å². The molecule has 1 aromatic heterocycles. The maximum Gasteiger partial charge on any atom is 0.342 e.